The summed E-state index contributed by atoms with van der Waals surface area (Å²) in [6.07, 6.45) is 45.5. The minimum atomic E-state index is -0.837. The van der Waals surface area contributed by atoms with Crippen LogP contribution < -0.4 is 5.32 Å². The van der Waals surface area contributed by atoms with Crippen molar-refractivity contribution in [2.24, 2.45) is 0 Å². The normalized spacial score (nSPS) is 13.3. The summed E-state index contributed by atoms with van der Waals surface area (Å²) in [5, 5.41) is 22.9. The van der Waals surface area contributed by atoms with E-state index in [1.165, 1.54) is 161 Å². The van der Waals surface area contributed by atoms with E-state index in [-0.39, 0.29) is 12.5 Å². The van der Waals surface area contributed by atoms with Crippen LogP contribution in [0.25, 0.3) is 0 Å². The van der Waals surface area contributed by atoms with Crippen molar-refractivity contribution >= 4 is 5.91 Å². The van der Waals surface area contributed by atoms with E-state index in [1.54, 1.807) is 6.08 Å². The molecule has 0 saturated heterocycles. The largest absolute Gasteiger partial charge is 0.394 e. The van der Waals surface area contributed by atoms with Gasteiger partial charge in [-0.1, -0.05) is 179 Å². The monoisotopic (exact) mass is 620 g/mol. The third-order valence-corrected chi connectivity index (χ3v) is 8.93. The van der Waals surface area contributed by atoms with Crippen LogP contribution in [0.1, 0.15) is 206 Å². The number of amides is 1. The number of unbranched alkanes of at least 4 members (excludes halogenated alkanes) is 26. The van der Waals surface area contributed by atoms with Crippen LogP contribution in [0.3, 0.4) is 0 Å². The van der Waals surface area contributed by atoms with Gasteiger partial charge in [-0.2, -0.15) is 0 Å². The van der Waals surface area contributed by atoms with Crippen molar-refractivity contribution in [3.63, 3.8) is 0 Å². The van der Waals surface area contributed by atoms with Gasteiger partial charge in [0.05, 0.1) is 18.8 Å². The molecule has 0 aliphatic carbocycles. The SMILES string of the molecule is CCCCCC/C=C\CCCCCCCCCC(=O)NC(CO)C(O)/C=C/CCCCCCCCCCCCCCCCC. The van der Waals surface area contributed by atoms with Gasteiger partial charge in [0, 0.05) is 6.42 Å². The zero-order chi connectivity index (χ0) is 32.2. The Balaban J connectivity index is 3.60. The molecule has 2 atom stereocenters. The smallest absolute Gasteiger partial charge is 0.220 e. The summed E-state index contributed by atoms with van der Waals surface area (Å²) >= 11 is 0. The summed E-state index contributed by atoms with van der Waals surface area (Å²) in [6, 6.07) is -0.620. The fourth-order valence-corrected chi connectivity index (χ4v) is 5.88. The molecular formula is C40H77NO3. The molecule has 1 amide bonds. The van der Waals surface area contributed by atoms with Crippen molar-refractivity contribution in [1.82, 2.24) is 5.32 Å². The number of hydrogen-bond donors (Lipinski definition) is 3. The van der Waals surface area contributed by atoms with Crippen LogP contribution in [0.15, 0.2) is 24.3 Å². The van der Waals surface area contributed by atoms with E-state index >= 15 is 0 Å². The number of hydrogen-bond acceptors (Lipinski definition) is 3. The zero-order valence-electron chi connectivity index (χ0n) is 29.7. The number of carbonyl (C=O) groups excluding carboxylic acids is 1. The number of aliphatic hydroxyl groups is 2. The molecule has 0 spiro atoms. The molecule has 0 radical (unpaired) electrons. The van der Waals surface area contributed by atoms with E-state index in [1.807, 2.05) is 6.08 Å². The minimum absolute atomic E-state index is 0.0691. The lowest BCUT2D eigenvalue weighted by molar-refractivity contribution is -0.123. The second-order valence-corrected chi connectivity index (χ2v) is 13.3. The maximum atomic E-state index is 12.3. The first-order valence-corrected chi connectivity index (χ1v) is 19.6. The average Bonchev–Trinajstić information content (AvgIpc) is 3.03. The lowest BCUT2D eigenvalue weighted by Crippen LogP contribution is -2.45. The Kier molecular flexibility index (Phi) is 35.4. The molecule has 0 aromatic carbocycles. The third-order valence-electron chi connectivity index (χ3n) is 8.93. The number of aliphatic hydroxyl groups excluding tert-OH is 2. The van der Waals surface area contributed by atoms with Crippen molar-refractivity contribution in [3.8, 4) is 0 Å². The van der Waals surface area contributed by atoms with Gasteiger partial charge in [-0.3, -0.25) is 4.79 Å². The summed E-state index contributed by atoms with van der Waals surface area (Å²) in [5.74, 6) is -0.0691. The van der Waals surface area contributed by atoms with E-state index in [0.29, 0.717) is 6.42 Å². The first-order valence-electron chi connectivity index (χ1n) is 19.6. The Morgan fingerprint density at radius 2 is 0.864 bits per heavy atom. The fraction of sp³-hybridized carbons (Fsp3) is 0.875. The molecule has 260 valence electrons. The Hall–Kier alpha value is -1.13. The molecule has 0 bridgehead atoms. The highest BCUT2D eigenvalue weighted by molar-refractivity contribution is 5.76. The lowest BCUT2D eigenvalue weighted by Gasteiger charge is -2.20. The highest BCUT2D eigenvalue weighted by atomic mass is 16.3. The first-order chi connectivity index (χ1) is 21.7. The molecule has 0 aliphatic heterocycles. The predicted molar refractivity (Wildman–Crippen MR) is 193 cm³/mol. The third kappa shape index (κ3) is 32.3. The minimum Gasteiger partial charge on any atom is -0.394 e. The van der Waals surface area contributed by atoms with Gasteiger partial charge >= 0.3 is 0 Å². The van der Waals surface area contributed by atoms with Crippen LogP contribution in [-0.2, 0) is 4.79 Å². The van der Waals surface area contributed by atoms with Crippen LogP contribution in [-0.4, -0.2) is 34.9 Å². The Morgan fingerprint density at radius 3 is 1.27 bits per heavy atom. The van der Waals surface area contributed by atoms with Gasteiger partial charge in [0.1, 0.15) is 0 Å². The molecule has 0 rings (SSSR count). The topological polar surface area (TPSA) is 69.6 Å². The molecule has 0 aromatic heterocycles. The Labute approximate surface area is 275 Å². The molecule has 0 aliphatic rings. The van der Waals surface area contributed by atoms with Crippen molar-refractivity contribution in [2.45, 2.75) is 219 Å². The first kappa shape index (κ1) is 42.9. The molecule has 0 heterocycles. The molecule has 2 unspecified atom stereocenters. The molecule has 44 heavy (non-hydrogen) atoms. The second kappa shape index (κ2) is 36.3. The van der Waals surface area contributed by atoms with E-state index in [9.17, 15) is 15.0 Å². The van der Waals surface area contributed by atoms with E-state index < -0.39 is 12.1 Å². The molecule has 4 heteroatoms. The Bertz CT molecular complexity index is 632. The van der Waals surface area contributed by atoms with Crippen LogP contribution in [0, 0.1) is 0 Å². The van der Waals surface area contributed by atoms with Crippen molar-refractivity contribution in [1.29, 1.82) is 0 Å². The Morgan fingerprint density at radius 1 is 0.523 bits per heavy atom. The highest BCUT2D eigenvalue weighted by Gasteiger charge is 2.17. The molecule has 3 N–H and O–H groups in total. The van der Waals surface area contributed by atoms with E-state index in [4.69, 9.17) is 0 Å². The van der Waals surface area contributed by atoms with Gasteiger partial charge in [-0.05, 0) is 44.9 Å². The van der Waals surface area contributed by atoms with Gasteiger partial charge in [-0.15, -0.1) is 0 Å². The molecular weight excluding hydrogens is 542 g/mol. The number of carbonyl (C=O) groups is 1. The van der Waals surface area contributed by atoms with E-state index in [0.717, 1.165) is 25.7 Å². The van der Waals surface area contributed by atoms with Crippen molar-refractivity contribution in [2.75, 3.05) is 6.61 Å². The summed E-state index contributed by atoms with van der Waals surface area (Å²) in [4.78, 5) is 12.3. The number of rotatable bonds is 35. The summed E-state index contributed by atoms with van der Waals surface area (Å²) in [7, 11) is 0. The van der Waals surface area contributed by atoms with Crippen LogP contribution in [0.2, 0.25) is 0 Å². The number of allylic oxidation sites excluding steroid dienone is 3. The maximum absolute atomic E-state index is 12.3. The summed E-state index contributed by atoms with van der Waals surface area (Å²) in [5.41, 5.74) is 0. The summed E-state index contributed by atoms with van der Waals surface area (Å²) < 4.78 is 0. The standard InChI is InChI=1S/C40H77NO3/c1-3-5-7-9-11-13-15-17-19-20-22-23-25-27-29-31-33-35-39(43)38(37-42)41-40(44)36-34-32-30-28-26-24-21-18-16-14-12-10-8-6-4-2/h14,16,33,35,38-39,42-43H,3-13,15,17-32,34,36-37H2,1-2H3,(H,41,44)/b16-14-,35-33+. The van der Waals surface area contributed by atoms with Crippen molar-refractivity contribution < 1.29 is 15.0 Å². The van der Waals surface area contributed by atoms with E-state index in [2.05, 4.69) is 31.3 Å². The number of nitrogens with one attached hydrogen (secondary N) is 1. The van der Waals surface area contributed by atoms with Gasteiger partial charge < -0.3 is 15.5 Å². The zero-order valence-corrected chi connectivity index (χ0v) is 29.7. The lowest BCUT2D eigenvalue weighted by atomic mass is 10.0. The van der Waals surface area contributed by atoms with Crippen LogP contribution in [0.5, 0.6) is 0 Å². The molecule has 0 fully saturated rings. The van der Waals surface area contributed by atoms with Crippen LogP contribution in [0.4, 0.5) is 0 Å². The highest BCUT2D eigenvalue weighted by Crippen LogP contribution is 2.14. The summed E-state index contributed by atoms with van der Waals surface area (Å²) in [6.45, 7) is 4.29. The molecule has 4 nitrogen and oxygen atoms in total. The maximum Gasteiger partial charge on any atom is 0.220 e. The van der Waals surface area contributed by atoms with Gasteiger partial charge in [0.25, 0.3) is 0 Å². The predicted octanol–water partition coefficient (Wildman–Crippen LogP) is 11.7. The van der Waals surface area contributed by atoms with Crippen molar-refractivity contribution in [3.05, 3.63) is 24.3 Å². The van der Waals surface area contributed by atoms with Gasteiger partial charge in [-0.25, -0.2) is 0 Å². The van der Waals surface area contributed by atoms with Crippen LogP contribution >= 0.6 is 0 Å². The molecule has 0 saturated carbocycles. The van der Waals surface area contributed by atoms with Gasteiger partial charge in [0.15, 0.2) is 0 Å². The molecule has 0 aromatic rings. The fourth-order valence-electron chi connectivity index (χ4n) is 5.88. The quantitative estimate of drug-likeness (QED) is 0.0488. The second-order valence-electron chi connectivity index (χ2n) is 13.3. The van der Waals surface area contributed by atoms with Gasteiger partial charge in [0.2, 0.25) is 5.91 Å². The average molecular weight is 620 g/mol.